The van der Waals surface area contributed by atoms with Gasteiger partial charge in [-0.3, -0.25) is 19.7 Å². The number of nitro groups is 1. The lowest BCUT2D eigenvalue weighted by Crippen LogP contribution is -2.60. The second-order valence-corrected chi connectivity index (χ2v) is 5.65. The van der Waals surface area contributed by atoms with Crippen LogP contribution in [0.25, 0.3) is 0 Å². The van der Waals surface area contributed by atoms with Gasteiger partial charge in [-0.25, -0.2) is 0 Å². The molecule has 0 aromatic heterocycles. The second kappa shape index (κ2) is 6.74. The third kappa shape index (κ3) is 3.36. The molecule has 0 heterocycles. The summed E-state index contributed by atoms with van der Waals surface area (Å²) in [6, 6.07) is 3.71. The fourth-order valence-corrected chi connectivity index (χ4v) is 2.45. The molecule has 0 aliphatic carbocycles. The summed E-state index contributed by atoms with van der Waals surface area (Å²) in [6.07, 6.45) is 0.271. The lowest BCUT2D eigenvalue weighted by Gasteiger charge is -2.34. The van der Waals surface area contributed by atoms with E-state index in [1.165, 1.54) is 12.1 Å². The number of hydrogen-bond donors (Lipinski definition) is 2. The Kier molecular flexibility index (Phi) is 5.48. The summed E-state index contributed by atoms with van der Waals surface area (Å²) < 4.78 is 0. The second-order valence-electron chi connectivity index (χ2n) is 5.22. The first-order valence-corrected chi connectivity index (χ1v) is 7.09. The van der Waals surface area contributed by atoms with Crippen LogP contribution in [-0.2, 0) is 4.79 Å². The number of halogens is 1. The van der Waals surface area contributed by atoms with E-state index in [0.717, 1.165) is 6.07 Å². The summed E-state index contributed by atoms with van der Waals surface area (Å²) in [5.41, 5.74) is 3.55. The van der Waals surface area contributed by atoms with Crippen molar-refractivity contribution in [2.24, 2.45) is 11.7 Å². The zero-order chi connectivity index (χ0) is 17.1. The monoisotopic (exact) mass is 327 g/mol. The van der Waals surface area contributed by atoms with Crippen molar-refractivity contribution in [3.8, 4) is 0 Å². The van der Waals surface area contributed by atoms with Crippen molar-refractivity contribution in [2.75, 3.05) is 0 Å². The Bertz CT molecular complexity index is 618. The molecule has 1 rings (SSSR count). The van der Waals surface area contributed by atoms with Gasteiger partial charge < -0.3 is 11.1 Å². The molecule has 7 nitrogen and oxygen atoms in total. The number of carbonyl (C=O) groups is 2. The van der Waals surface area contributed by atoms with Gasteiger partial charge in [0.05, 0.1) is 4.92 Å². The number of benzene rings is 1. The van der Waals surface area contributed by atoms with E-state index in [9.17, 15) is 19.7 Å². The molecular formula is C14H18ClN3O4. The van der Waals surface area contributed by atoms with Gasteiger partial charge in [0, 0.05) is 11.1 Å². The van der Waals surface area contributed by atoms with Crippen LogP contribution in [0.2, 0.25) is 5.02 Å². The summed E-state index contributed by atoms with van der Waals surface area (Å²) in [4.78, 5) is 34.5. The molecule has 0 fully saturated rings. The van der Waals surface area contributed by atoms with Crippen molar-refractivity contribution in [1.82, 2.24) is 5.32 Å². The molecule has 1 aromatic rings. The van der Waals surface area contributed by atoms with Crippen LogP contribution in [0, 0.1) is 16.0 Å². The summed E-state index contributed by atoms with van der Waals surface area (Å²) in [6.45, 7) is 5.19. The van der Waals surface area contributed by atoms with Gasteiger partial charge in [-0.2, -0.15) is 0 Å². The Labute approximate surface area is 133 Å². The van der Waals surface area contributed by atoms with Gasteiger partial charge in [-0.05, 0) is 24.5 Å². The van der Waals surface area contributed by atoms with Crippen molar-refractivity contribution in [1.29, 1.82) is 0 Å². The smallest absolute Gasteiger partial charge is 0.283 e. The van der Waals surface area contributed by atoms with E-state index in [4.69, 9.17) is 17.3 Å². The molecule has 120 valence electrons. The summed E-state index contributed by atoms with van der Waals surface area (Å²) >= 11 is 5.72. The number of nitro benzene ring substituents is 1. The van der Waals surface area contributed by atoms with Gasteiger partial charge in [0.1, 0.15) is 11.1 Å². The fourth-order valence-electron chi connectivity index (χ4n) is 2.28. The molecule has 0 unspecified atom stereocenters. The van der Waals surface area contributed by atoms with E-state index in [1.54, 1.807) is 20.8 Å². The lowest BCUT2D eigenvalue weighted by atomic mass is 9.82. The number of primary amides is 1. The van der Waals surface area contributed by atoms with Crippen molar-refractivity contribution >= 4 is 29.1 Å². The number of amides is 2. The van der Waals surface area contributed by atoms with E-state index < -0.39 is 28.0 Å². The number of hydrogen-bond acceptors (Lipinski definition) is 4. The fraction of sp³-hybridized carbons (Fsp3) is 0.429. The van der Waals surface area contributed by atoms with Crippen molar-refractivity contribution in [3.05, 3.63) is 38.9 Å². The lowest BCUT2D eigenvalue weighted by molar-refractivity contribution is -0.385. The zero-order valence-corrected chi connectivity index (χ0v) is 13.3. The largest absolute Gasteiger partial charge is 0.368 e. The average Bonchev–Trinajstić information content (AvgIpc) is 2.43. The molecule has 3 N–H and O–H groups in total. The first-order chi connectivity index (χ1) is 10.2. The SMILES string of the molecule is CC[C@](NC(=O)c1ccc(Cl)cc1[N+](=O)[O-])(C(N)=O)C(C)C. The Morgan fingerprint density at radius 1 is 1.45 bits per heavy atom. The van der Waals surface area contributed by atoms with Gasteiger partial charge in [0.25, 0.3) is 11.6 Å². The molecule has 8 heteroatoms. The van der Waals surface area contributed by atoms with E-state index in [1.807, 2.05) is 0 Å². The maximum atomic E-state index is 12.4. The first-order valence-electron chi connectivity index (χ1n) is 6.72. The first kappa shape index (κ1) is 17.9. The predicted molar refractivity (Wildman–Crippen MR) is 82.6 cm³/mol. The highest BCUT2D eigenvalue weighted by atomic mass is 35.5. The third-order valence-electron chi connectivity index (χ3n) is 3.72. The van der Waals surface area contributed by atoms with Crippen molar-refractivity contribution < 1.29 is 14.5 Å². The van der Waals surface area contributed by atoms with Crippen LogP contribution in [0.5, 0.6) is 0 Å². The molecule has 1 atom stereocenters. The minimum absolute atomic E-state index is 0.142. The highest BCUT2D eigenvalue weighted by Gasteiger charge is 2.40. The summed E-state index contributed by atoms with van der Waals surface area (Å²) in [7, 11) is 0. The van der Waals surface area contributed by atoms with E-state index in [2.05, 4.69) is 5.32 Å². The molecule has 0 bridgehead atoms. The molecule has 1 aromatic carbocycles. The van der Waals surface area contributed by atoms with Gasteiger partial charge in [0.2, 0.25) is 5.91 Å². The predicted octanol–water partition coefficient (Wildman–Crippen LogP) is 2.27. The topological polar surface area (TPSA) is 115 Å². The minimum atomic E-state index is -1.27. The van der Waals surface area contributed by atoms with Gasteiger partial charge in [-0.15, -0.1) is 0 Å². The Morgan fingerprint density at radius 3 is 2.45 bits per heavy atom. The maximum absolute atomic E-state index is 12.4. The summed E-state index contributed by atoms with van der Waals surface area (Å²) in [5, 5.41) is 13.7. The average molecular weight is 328 g/mol. The molecule has 0 saturated carbocycles. The van der Waals surface area contributed by atoms with Crippen LogP contribution in [0.4, 0.5) is 5.69 Å². The highest BCUT2D eigenvalue weighted by molar-refractivity contribution is 6.31. The molecule has 0 aliphatic rings. The number of carbonyl (C=O) groups excluding carboxylic acids is 2. The standard InChI is InChI=1S/C14H18ClN3O4/c1-4-14(8(2)3,13(16)20)17-12(19)10-6-5-9(15)7-11(10)18(21)22/h5-8H,4H2,1-3H3,(H2,16,20)(H,17,19)/t14-/m1/s1. The highest BCUT2D eigenvalue weighted by Crippen LogP contribution is 2.26. The Balaban J connectivity index is 3.27. The molecule has 0 radical (unpaired) electrons. The number of nitrogens with zero attached hydrogens (tertiary/aromatic N) is 1. The van der Waals surface area contributed by atoms with E-state index in [-0.39, 0.29) is 22.9 Å². The van der Waals surface area contributed by atoms with Crippen LogP contribution in [0.3, 0.4) is 0 Å². The van der Waals surface area contributed by atoms with Crippen LogP contribution in [-0.4, -0.2) is 22.3 Å². The van der Waals surface area contributed by atoms with Gasteiger partial charge in [-0.1, -0.05) is 32.4 Å². The summed E-state index contributed by atoms with van der Waals surface area (Å²) in [5.74, 6) is -1.70. The minimum Gasteiger partial charge on any atom is -0.368 e. The Hall–Kier alpha value is -2.15. The molecule has 2 amide bonds. The molecule has 0 spiro atoms. The van der Waals surface area contributed by atoms with Crippen LogP contribution in [0.15, 0.2) is 18.2 Å². The quantitative estimate of drug-likeness (QED) is 0.615. The third-order valence-corrected chi connectivity index (χ3v) is 3.96. The van der Waals surface area contributed by atoms with Gasteiger partial charge in [0.15, 0.2) is 0 Å². The van der Waals surface area contributed by atoms with Crippen LogP contribution in [0.1, 0.15) is 37.6 Å². The van der Waals surface area contributed by atoms with Crippen molar-refractivity contribution in [3.63, 3.8) is 0 Å². The van der Waals surface area contributed by atoms with E-state index >= 15 is 0 Å². The Morgan fingerprint density at radius 2 is 2.05 bits per heavy atom. The van der Waals surface area contributed by atoms with E-state index in [0.29, 0.717) is 0 Å². The van der Waals surface area contributed by atoms with Gasteiger partial charge >= 0.3 is 0 Å². The molecular weight excluding hydrogens is 310 g/mol. The van der Waals surface area contributed by atoms with Crippen molar-refractivity contribution in [2.45, 2.75) is 32.7 Å². The molecule has 22 heavy (non-hydrogen) atoms. The normalized spacial score (nSPS) is 13.5. The number of rotatable bonds is 6. The maximum Gasteiger partial charge on any atom is 0.283 e. The molecule has 0 saturated heterocycles. The zero-order valence-electron chi connectivity index (χ0n) is 12.6. The van der Waals surface area contributed by atoms with Crippen LogP contribution < -0.4 is 11.1 Å². The number of nitrogens with one attached hydrogen (secondary N) is 1. The van der Waals surface area contributed by atoms with Crippen LogP contribution >= 0.6 is 11.6 Å². The number of nitrogens with two attached hydrogens (primary N) is 1. The molecule has 0 aliphatic heterocycles.